The van der Waals surface area contributed by atoms with Crippen LogP contribution in [0.1, 0.15) is 19.3 Å². The van der Waals surface area contributed by atoms with Gasteiger partial charge in [0.2, 0.25) is 5.91 Å². The Morgan fingerprint density at radius 2 is 2.30 bits per heavy atom. The lowest BCUT2D eigenvalue weighted by Crippen LogP contribution is -2.47. The van der Waals surface area contributed by atoms with E-state index < -0.39 is 4.92 Å². The molecule has 0 aromatic carbocycles. The molecule has 0 saturated carbocycles. The normalized spacial score (nSPS) is 16.9. The number of nitrogens with zero attached hydrogens (tertiary/aromatic N) is 3. The Hall–Kier alpha value is -2.00. The molecule has 0 atom stereocenters. The average Bonchev–Trinajstić information content (AvgIpc) is 3.01. The van der Waals surface area contributed by atoms with Gasteiger partial charge in [-0.25, -0.2) is 0 Å². The number of amides is 1. The number of nitro groups is 1. The zero-order valence-corrected chi connectivity index (χ0v) is 13.3. The predicted molar refractivity (Wildman–Crippen MR) is 82.9 cm³/mol. The van der Waals surface area contributed by atoms with E-state index in [-0.39, 0.29) is 23.4 Å². The standard InChI is InChI=1S/C14H23N5O4/c1-23-11-14(3-5-15-6-4-14)10-16-13(20)2-7-18-9-12(8-17-18)19(21)22/h8-9,15H,2-7,10-11H2,1H3,(H,16,20). The maximum Gasteiger partial charge on any atom is 0.306 e. The number of ether oxygens (including phenoxy) is 1. The predicted octanol–water partition coefficient (Wildman–Crippen LogP) is 0.314. The highest BCUT2D eigenvalue weighted by Gasteiger charge is 2.32. The van der Waals surface area contributed by atoms with Crippen molar-refractivity contribution in [3.63, 3.8) is 0 Å². The second kappa shape index (κ2) is 8.02. The van der Waals surface area contributed by atoms with E-state index in [1.165, 1.54) is 17.1 Å². The molecular formula is C14H23N5O4. The molecule has 23 heavy (non-hydrogen) atoms. The van der Waals surface area contributed by atoms with Gasteiger partial charge in [0.25, 0.3) is 0 Å². The van der Waals surface area contributed by atoms with Gasteiger partial charge in [0.05, 0.1) is 11.5 Å². The minimum atomic E-state index is -0.505. The molecule has 2 N–H and O–H groups in total. The van der Waals surface area contributed by atoms with Crippen molar-refractivity contribution in [3.8, 4) is 0 Å². The molecule has 1 amide bonds. The second-order valence-corrected chi connectivity index (χ2v) is 5.93. The summed E-state index contributed by atoms with van der Waals surface area (Å²) in [5, 5.41) is 20.7. The van der Waals surface area contributed by atoms with Crippen molar-refractivity contribution in [2.75, 3.05) is 33.4 Å². The van der Waals surface area contributed by atoms with E-state index in [2.05, 4.69) is 15.7 Å². The molecule has 1 aromatic heterocycles. The Morgan fingerprint density at radius 1 is 1.57 bits per heavy atom. The van der Waals surface area contributed by atoms with Crippen LogP contribution in [-0.4, -0.2) is 54.0 Å². The SMILES string of the molecule is COCC1(CNC(=O)CCn2cc([N+](=O)[O-])cn2)CCNCC1. The summed E-state index contributed by atoms with van der Waals surface area (Å²) in [4.78, 5) is 22.1. The van der Waals surface area contributed by atoms with Gasteiger partial charge in [-0.2, -0.15) is 5.10 Å². The summed E-state index contributed by atoms with van der Waals surface area (Å²) in [6.45, 7) is 3.38. The molecule has 1 fully saturated rings. The molecule has 1 aliphatic rings. The van der Waals surface area contributed by atoms with Gasteiger partial charge < -0.3 is 15.4 Å². The third kappa shape index (κ3) is 5.00. The van der Waals surface area contributed by atoms with E-state index in [4.69, 9.17) is 4.74 Å². The number of nitrogens with one attached hydrogen (secondary N) is 2. The highest BCUT2D eigenvalue weighted by atomic mass is 16.6. The fourth-order valence-corrected chi connectivity index (χ4v) is 2.80. The largest absolute Gasteiger partial charge is 0.384 e. The highest BCUT2D eigenvalue weighted by Crippen LogP contribution is 2.28. The number of carbonyl (C=O) groups excluding carboxylic acids is 1. The fourth-order valence-electron chi connectivity index (χ4n) is 2.80. The van der Waals surface area contributed by atoms with Gasteiger partial charge in [-0.1, -0.05) is 0 Å². The lowest BCUT2D eigenvalue weighted by Gasteiger charge is -2.37. The van der Waals surface area contributed by atoms with Gasteiger partial charge in [-0.15, -0.1) is 0 Å². The Balaban J connectivity index is 1.78. The van der Waals surface area contributed by atoms with Gasteiger partial charge in [0.1, 0.15) is 12.4 Å². The molecule has 2 heterocycles. The van der Waals surface area contributed by atoms with Crippen LogP contribution in [0.3, 0.4) is 0 Å². The molecule has 0 aliphatic carbocycles. The molecule has 0 unspecified atom stereocenters. The topological polar surface area (TPSA) is 111 Å². The molecule has 1 aliphatic heterocycles. The first-order valence-electron chi connectivity index (χ1n) is 7.68. The van der Waals surface area contributed by atoms with Crippen LogP contribution in [-0.2, 0) is 16.1 Å². The molecule has 9 heteroatoms. The average molecular weight is 325 g/mol. The van der Waals surface area contributed by atoms with E-state index in [1.54, 1.807) is 7.11 Å². The maximum absolute atomic E-state index is 12.0. The van der Waals surface area contributed by atoms with E-state index in [0.717, 1.165) is 25.9 Å². The summed E-state index contributed by atoms with van der Waals surface area (Å²) in [7, 11) is 1.68. The summed E-state index contributed by atoms with van der Waals surface area (Å²) in [6, 6.07) is 0. The van der Waals surface area contributed by atoms with Crippen molar-refractivity contribution in [1.82, 2.24) is 20.4 Å². The maximum atomic E-state index is 12.0. The highest BCUT2D eigenvalue weighted by molar-refractivity contribution is 5.75. The van der Waals surface area contributed by atoms with Crippen molar-refractivity contribution < 1.29 is 14.5 Å². The number of carbonyl (C=O) groups is 1. The van der Waals surface area contributed by atoms with Gasteiger partial charge in [-0.3, -0.25) is 19.6 Å². The Bertz CT molecular complexity index is 534. The van der Waals surface area contributed by atoms with E-state index in [1.807, 2.05) is 0 Å². The second-order valence-electron chi connectivity index (χ2n) is 5.93. The van der Waals surface area contributed by atoms with Crippen molar-refractivity contribution >= 4 is 11.6 Å². The monoisotopic (exact) mass is 325 g/mol. The molecule has 0 radical (unpaired) electrons. The molecule has 9 nitrogen and oxygen atoms in total. The van der Waals surface area contributed by atoms with Crippen LogP contribution in [0.4, 0.5) is 5.69 Å². The Morgan fingerprint density at radius 3 is 2.91 bits per heavy atom. The summed E-state index contributed by atoms with van der Waals surface area (Å²) in [6.07, 6.45) is 4.67. The van der Waals surface area contributed by atoms with Crippen molar-refractivity contribution in [2.45, 2.75) is 25.8 Å². The van der Waals surface area contributed by atoms with Crippen LogP contribution in [0.15, 0.2) is 12.4 Å². The molecule has 1 saturated heterocycles. The van der Waals surface area contributed by atoms with E-state index >= 15 is 0 Å². The molecular weight excluding hydrogens is 302 g/mol. The van der Waals surface area contributed by atoms with Gasteiger partial charge in [-0.05, 0) is 25.9 Å². The van der Waals surface area contributed by atoms with Crippen molar-refractivity contribution in [1.29, 1.82) is 0 Å². The summed E-state index contributed by atoms with van der Waals surface area (Å²) < 4.78 is 6.72. The number of piperidine rings is 1. The zero-order chi connectivity index (χ0) is 16.7. The van der Waals surface area contributed by atoms with Crippen LogP contribution in [0, 0.1) is 15.5 Å². The first kappa shape index (κ1) is 17.4. The van der Waals surface area contributed by atoms with Crippen LogP contribution in [0.25, 0.3) is 0 Å². The minimum Gasteiger partial charge on any atom is -0.384 e. The van der Waals surface area contributed by atoms with E-state index in [9.17, 15) is 14.9 Å². The van der Waals surface area contributed by atoms with E-state index in [0.29, 0.717) is 19.7 Å². The number of aryl methyl sites for hydroxylation is 1. The molecule has 2 rings (SSSR count). The van der Waals surface area contributed by atoms with Crippen molar-refractivity contribution in [2.24, 2.45) is 5.41 Å². The lowest BCUT2D eigenvalue weighted by atomic mass is 9.79. The van der Waals surface area contributed by atoms with Crippen molar-refractivity contribution in [3.05, 3.63) is 22.5 Å². The number of hydrogen-bond acceptors (Lipinski definition) is 6. The van der Waals surface area contributed by atoms with Gasteiger partial charge in [0, 0.05) is 32.0 Å². The molecule has 0 spiro atoms. The lowest BCUT2D eigenvalue weighted by molar-refractivity contribution is -0.385. The number of methoxy groups -OCH3 is 1. The Kier molecular flexibility index (Phi) is 6.05. The molecule has 0 bridgehead atoms. The Labute approximate surface area is 134 Å². The summed E-state index contributed by atoms with van der Waals surface area (Å²) in [5.41, 5.74) is -0.0840. The number of rotatable bonds is 8. The summed E-state index contributed by atoms with van der Waals surface area (Å²) in [5.74, 6) is -0.0860. The zero-order valence-electron chi connectivity index (χ0n) is 13.3. The van der Waals surface area contributed by atoms with Gasteiger partial charge >= 0.3 is 5.69 Å². The quantitative estimate of drug-likeness (QED) is 0.526. The summed E-state index contributed by atoms with van der Waals surface area (Å²) >= 11 is 0. The minimum absolute atomic E-state index is 0.0137. The molecule has 1 aromatic rings. The third-order valence-corrected chi connectivity index (χ3v) is 4.17. The number of aromatic nitrogens is 2. The molecule has 128 valence electrons. The first-order valence-corrected chi connectivity index (χ1v) is 7.68. The smallest absolute Gasteiger partial charge is 0.306 e. The third-order valence-electron chi connectivity index (χ3n) is 4.17. The first-order chi connectivity index (χ1) is 11.0. The number of hydrogen-bond donors (Lipinski definition) is 2. The fraction of sp³-hybridized carbons (Fsp3) is 0.714. The van der Waals surface area contributed by atoms with Gasteiger partial charge in [0.15, 0.2) is 0 Å². The van der Waals surface area contributed by atoms with Crippen LogP contribution in [0.2, 0.25) is 0 Å². The van der Waals surface area contributed by atoms with Crippen LogP contribution in [0.5, 0.6) is 0 Å². The van der Waals surface area contributed by atoms with Crippen LogP contribution < -0.4 is 10.6 Å². The van der Waals surface area contributed by atoms with Crippen LogP contribution >= 0.6 is 0 Å².